The van der Waals surface area contributed by atoms with Crippen molar-refractivity contribution in [2.45, 2.75) is 17.8 Å². The van der Waals surface area contributed by atoms with E-state index in [4.69, 9.17) is 0 Å². The maximum atomic E-state index is 12.3. The van der Waals surface area contributed by atoms with Gasteiger partial charge in [0, 0.05) is 0 Å². The second-order valence-electron chi connectivity index (χ2n) is 1.95. The number of alkyl halides is 4. The molecule has 1 aliphatic rings. The Morgan fingerprint density at radius 2 is 1.92 bits per heavy atom. The molecule has 3 unspecified atom stereocenters. The lowest BCUT2D eigenvalue weighted by atomic mass is 10.4. The van der Waals surface area contributed by atoms with Gasteiger partial charge in [-0.15, -0.1) is 4.20 Å². The monoisotopic (exact) mass is 228 g/mol. The molecule has 1 heterocycles. The normalized spacial score (nSPS) is 47.4. The summed E-state index contributed by atoms with van der Waals surface area (Å²) >= 11 is 4.68. The van der Waals surface area contributed by atoms with Crippen LogP contribution < -0.4 is 0 Å². The van der Waals surface area contributed by atoms with E-state index >= 15 is 0 Å². The molecule has 9 heteroatoms. The van der Waals surface area contributed by atoms with Crippen molar-refractivity contribution in [2.24, 2.45) is 0 Å². The molecule has 1 fully saturated rings. The van der Waals surface area contributed by atoms with E-state index < -0.39 is 25.7 Å². The van der Waals surface area contributed by atoms with Crippen LogP contribution in [0.1, 0.15) is 0 Å². The number of hydrogen-bond acceptors (Lipinski definition) is 3. The Kier molecular flexibility index (Phi) is 2.42. The number of halogens is 5. The summed E-state index contributed by atoms with van der Waals surface area (Å²) in [6.07, 6.45) is -3.36. The maximum absolute atomic E-state index is 12.3. The van der Waals surface area contributed by atoms with Crippen molar-refractivity contribution in [1.29, 1.82) is 0 Å². The van der Waals surface area contributed by atoms with Crippen molar-refractivity contribution in [3.05, 3.63) is 0 Å². The van der Waals surface area contributed by atoms with E-state index in [1.165, 1.54) is 0 Å². The quantitative estimate of drug-likeness (QED) is 0.363. The van der Waals surface area contributed by atoms with Gasteiger partial charge in [0.05, 0.1) is 0 Å². The molecule has 1 saturated heterocycles. The third kappa shape index (κ3) is 1.74. The van der Waals surface area contributed by atoms with Gasteiger partial charge in [-0.05, 0) is 0 Å². The van der Waals surface area contributed by atoms with Crippen LogP contribution in [0.3, 0.4) is 0 Å². The summed E-state index contributed by atoms with van der Waals surface area (Å²) in [5.41, 5.74) is -2.63. The van der Waals surface area contributed by atoms with Gasteiger partial charge in [0.1, 0.15) is 0 Å². The van der Waals surface area contributed by atoms with E-state index in [0.717, 1.165) is 0 Å². The van der Waals surface area contributed by atoms with Gasteiger partial charge >= 0.3 is 13.8 Å². The fourth-order valence-electron chi connectivity index (χ4n) is 0.489. The molecule has 3 nitrogen and oxygen atoms in total. The Morgan fingerprint density at radius 1 is 1.42 bits per heavy atom. The smallest absolute Gasteiger partial charge is 0.257 e. The fourth-order valence-corrected chi connectivity index (χ4v) is 1.65. The Bertz CT molecular complexity index is 218. The molecular formula is C3H2ClF4O3P. The minimum Gasteiger partial charge on any atom is -0.257 e. The largest absolute Gasteiger partial charge is 0.517 e. The SMILES string of the molecule is O=P1(F)OC(F)C(F)(F)C(Cl)O1. The summed E-state index contributed by atoms with van der Waals surface area (Å²) in [6, 6.07) is 0. The molecule has 0 aromatic carbocycles. The summed E-state index contributed by atoms with van der Waals surface area (Å²) in [5.74, 6) is -4.21. The van der Waals surface area contributed by atoms with Gasteiger partial charge in [-0.2, -0.15) is 8.78 Å². The molecular weight excluding hydrogens is 226 g/mol. The van der Waals surface area contributed by atoms with E-state index in [1.807, 2.05) is 0 Å². The van der Waals surface area contributed by atoms with Crippen molar-refractivity contribution >= 4 is 19.5 Å². The van der Waals surface area contributed by atoms with Gasteiger partial charge in [0.25, 0.3) is 6.36 Å². The minimum absolute atomic E-state index is 2.63. The van der Waals surface area contributed by atoms with Crippen LogP contribution in [0.4, 0.5) is 17.4 Å². The molecule has 3 atom stereocenters. The highest BCUT2D eigenvalue weighted by molar-refractivity contribution is 7.48. The van der Waals surface area contributed by atoms with Gasteiger partial charge in [0.2, 0.25) is 5.56 Å². The summed E-state index contributed by atoms with van der Waals surface area (Å²) in [5, 5.41) is 0. The molecule has 0 saturated carbocycles. The molecule has 0 aliphatic carbocycles. The third-order valence-electron chi connectivity index (χ3n) is 1.04. The van der Waals surface area contributed by atoms with Crippen LogP contribution in [0.2, 0.25) is 0 Å². The Balaban J connectivity index is 2.85. The van der Waals surface area contributed by atoms with Crippen LogP contribution in [-0.4, -0.2) is 17.8 Å². The number of hydrogen-bond donors (Lipinski definition) is 0. The van der Waals surface area contributed by atoms with Crippen molar-refractivity contribution in [3.8, 4) is 0 Å². The Labute approximate surface area is 69.2 Å². The van der Waals surface area contributed by atoms with Crippen molar-refractivity contribution < 1.29 is 31.0 Å². The van der Waals surface area contributed by atoms with Crippen LogP contribution in [-0.2, 0) is 13.6 Å². The first kappa shape index (κ1) is 10.2. The molecule has 0 bridgehead atoms. The van der Waals surface area contributed by atoms with E-state index in [9.17, 15) is 21.9 Å². The fraction of sp³-hybridized carbons (Fsp3) is 1.00. The van der Waals surface area contributed by atoms with Crippen LogP contribution in [0, 0.1) is 0 Å². The highest BCUT2D eigenvalue weighted by Crippen LogP contribution is 2.60. The molecule has 0 aromatic rings. The lowest BCUT2D eigenvalue weighted by Crippen LogP contribution is -2.44. The standard InChI is InChI=1S/C3H2ClF4O3P/c4-1-3(6,7)2(5)11-12(8,9)10-1/h1-2H. The summed E-state index contributed by atoms with van der Waals surface area (Å²) in [4.78, 5) is 0. The van der Waals surface area contributed by atoms with E-state index in [2.05, 4.69) is 20.6 Å². The van der Waals surface area contributed by atoms with Crippen LogP contribution in [0.5, 0.6) is 0 Å². The molecule has 1 aliphatic heterocycles. The van der Waals surface area contributed by atoms with Gasteiger partial charge in [-0.3, -0.25) is 4.52 Å². The van der Waals surface area contributed by atoms with Crippen molar-refractivity contribution in [2.75, 3.05) is 0 Å². The van der Waals surface area contributed by atoms with Gasteiger partial charge in [-0.25, -0.2) is 13.5 Å². The first-order valence-electron chi connectivity index (χ1n) is 2.58. The molecule has 0 aromatic heterocycles. The maximum Gasteiger partial charge on any atom is 0.517 e. The van der Waals surface area contributed by atoms with Gasteiger partial charge < -0.3 is 0 Å². The highest BCUT2D eigenvalue weighted by atomic mass is 35.5. The van der Waals surface area contributed by atoms with E-state index in [1.54, 1.807) is 0 Å². The molecule has 0 N–H and O–H groups in total. The third-order valence-corrected chi connectivity index (χ3v) is 2.45. The summed E-state index contributed by atoms with van der Waals surface area (Å²) < 4.78 is 65.6. The zero-order chi connectivity index (χ0) is 9.57. The molecule has 0 spiro atoms. The zero-order valence-corrected chi connectivity index (χ0v) is 6.87. The molecule has 0 radical (unpaired) electrons. The molecule has 12 heavy (non-hydrogen) atoms. The molecule has 72 valence electrons. The van der Waals surface area contributed by atoms with E-state index in [-0.39, 0.29) is 0 Å². The molecule has 0 amide bonds. The predicted molar refractivity (Wildman–Crippen MR) is 30.4 cm³/mol. The van der Waals surface area contributed by atoms with Crippen LogP contribution in [0.25, 0.3) is 0 Å². The second-order valence-corrected chi connectivity index (χ2v) is 3.63. The minimum atomic E-state index is -5.27. The highest BCUT2D eigenvalue weighted by Gasteiger charge is 2.59. The van der Waals surface area contributed by atoms with Crippen molar-refractivity contribution in [3.63, 3.8) is 0 Å². The molecule has 1 rings (SSSR count). The Morgan fingerprint density at radius 3 is 2.33 bits per heavy atom. The van der Waals surface area contributed by atoms with E-state index in [0.29, 0.717) is 0 Å². The zero-order valence-electron chi connectivity index (χ0n) is 5.22. The average molecular weight is 228 g/mol. The lowest BCUT2D eigenvalue weighted by Gasteiger charge is -2.30. The van der Waals surface area contributed by atoms with Gasteiger partial charge in [0.15, 0.2) is 0 Å². The Hall–Kier alpha value is 0.160. The lowest BCUT2D eigenvalue weighted by molar-refractivity contribution is -0.215. The summed E-state index contributed by atoms with van der Waals surface area (Å²) in [6.45, 7) is 0. The first-order chi connectivity index (χ1) is 5.26. The first-order valence-corrected chi connectivity index (χ1v) is 4.45. The average Bonchev–Trinajstić information content (AvgIpc) is 1.82. The van der Waals surface area contributed by atoms with Crippen LogP contribution in [0.15, 0.2) is 0 Å². The van der Waals surface area contributed by atoms with Gasteiger partial charge in [-0.1, -0.05) is 11.6 Å². The topological polar surface area (TPSA) is 35.5 Å². The van der Waals surface area contributed by atoms with Crippen molar-refractivity contribution in [1.82, 2.24) is 0 Å². The predicted octanol–water partition coefficient (Wildman–Crippen LogP) is 2.61. The number of rotatable bonds is 0. The summed E-state index contributed by atoms with van der Waals surface area (Å²) in [7, 11) is -5.27. The van der Waals surface area contributed by atoms with Crippen LogP contribution >= 0.6 is 19.5 Å². The second kappa shape index (κ2) is 2.83.